The number of aliphatic hydroxyl groups is 1. The third-order valence-electron chi connectivity index (χ3n) is 3.50. The highest BCUT2D eigenvalue weighted by Crippen LogP contribution is 2.31. The smallest absolute Gasteiger partial charge is 0.339 e. The highest BCUT2D eigenvalue weighted by molar-refractivity contribution is 5.88. The van der Waals surface area contributed by atoms with Crippen LogP contribution in [-0.4, -0.2) is 35.3 Å². The van der Waals surface area contributed by atoms with E-state index in [9.17, 15) is 9.90 Å². The number of nitrogens with one attached hydrogen (secondary N) is 1. The fourth-order valence-electron chi connectivity index (χ4n) is 2.04. The van der Waals surface area contributed by atoms with Crippen LogP contribution in [-0.2, 0) is 11.3 Å². The van der Waals surface area contributed by atoms with Gasteiger partial charge in [-0.2, -0.15) is 0 Å². The molecule has 0 unspecified atom stereocenters. The van der Waals surface area contributed by atoms with Crippen LogP contribution in [0.25, 0.3) is 0 Å². The van der Waals surface area contributed by atoms with Crippen molar-refractivity contribution in [2.45, 2.75) is 31.3 Å². The number of nitrogens with zero attached hydrogens (tertiary/aromatic N) is 1. The number of pyridine rings is 1. The maximum atomic E-state index is 11.2. The Kier molecular flexibility index (Phi) is 3.93. The van der Waals surface area contributed by atoms with E-state index in [0.29, 0.717) is 12.1 Å². The molecule has 2 N–H and O–H groups in total. The van der Waals surface area contributed by atoms with Crippen molar-refractivity contribution in [2.24, 2.45) is 0 Å². The number of esters is 1. The van der Waals surface area contributed by atoms with Crippen molar-refractivity contribution in [1.29, 1.82) is 0 Å². The van der Waals surface area contributed by atoms with E-state index in [1.165, 1.54) is 13.3 Å². The molecule has 98 valence electrons. The minimum Gasteiger partial charge on any atom is -0.465 e. The zero-order chi connectivity index (χ0) is 13.0. The first-order valence-electron chi connectivity index (χ1n) is 6.08. The van der Waals surface area contributed by atoms with E-state index < -0.39 is 0 Å². The Hall–Kier alpha value is -1.46. The molecule has 1 aliphatic rings. The molecule has 0 spiro atoms. The molecule has 1 aliphatic carbocycles. The van der Waals surface area contributed by atoms with Crippen LogP contribution in [0.2, 0.25) is 0 Å². The summed E-state index contributed by atoms with van der Waals surface area (Å²) in [5.74, 6) is -0.382. The monoisotopic (exact) mass is 250 g/mol. The van der Waals surface area contributed by atoms with E-state index in [1.54, 1.807) is 12.1 Å². The molecule has 0 aromatic carbocycles. The van der Waals surface area contributed by atoms with Gasteiger partial charge in [0, 0.05) is 18.3 Å². The van der Waals surface area contributed by atoms with Crippen LogP contribution in [0.5, 0.6) is 0 Å². The molecule has 1 saturated carbocycles. The van der Waals surface area contributed by atoms with Crippen molar-refractivity contribution in [3.8, 4) is 0 Å². The summed E-state index contributed by atoms with van der Waals surface area (Å²) in [6, 6.07) is 3.49. The Labute approximate surface area is 106 Å². The van der Waals surface area contributed by atoms with Gasteiger partial charge in [0.2, 0.25) is 0 Å². The number of ether oxygens (including phenoxy) is 1. The normalized spacial score (nSPS) is 17.0. The SMILES string of the molecule is COC(=O)c1ccc(CNC2(CO)CCC2)nc1. The lowest BCUT2D eigenvalue weighted by Crippen LogP contribution is -2.53. The van der Waals surface area contributed by atoms with Gasteiger partial charge in [0.1, 0.15) is 0 Å². The summed E-state index contributed by atoms with van der Waals surface area (Å²) >= 11 is 0. The second-order valence-electron chi connectivity index (χ2n) is 4.68. The fraction of sp³-hybridized carbons (Fsp3) is 0.538. The molecule has 1 aromatic rings. The Balaban J connectivity index is 1.92. The van der Waals surface area contributed by atoms with Crippen molar-refractivity contribution in [3.05, 3.63) is 29.6 Å². The molecular formula is C13H18N2O3. The fourth-order valence-corrected chi connectivity index (χ4v) is 2.04. The van der Waals surface area contributed by atoms with Gasteiger partial charge in [-0.05, 0) is 31.4 Å². The van der Waals surface area contributed by atoms with Crippen molar-refractivity contribution in [3.63, 3.8) is 0 Å². The Morgan fingerprint density at radius 1 is 1.56 bits per heavy atom. The van der Waals surface area contributed by atoms with Crippen molar-refractivity contribution in [1.82, 2.24) is 10.3 Å². The number of hydrogen-bond acceptors (Lipinski definition) is 5. The molecule has 0 radical (unpaired) electrons. The molecule has 0 bridgehead atoms. The highest BCUT2D eigenvalue weighted by Gasteiger charge is 2.35. The van der Waals surface area contributed by atoms with E-state index >= 15 is 0 Å². The van der Waals surface area contributed by atoms with Gasteiger partial charge < -0.3 is 15.2 Å². The summed E-state index contributed by atoms with van der Waals surface area (Å²) in [5.41, 5.74) is 1.17. The number of aliphatic hydroxyl groups excluding tert-OH is 1. The number of hydrogen-bond donors (Lipinski definition) is 2. The molecule has 1 fully saturated rings. The minimum atomic E-state index is -0.382. The maximum Gasteiger partial charge on any atom is 0.339 e. The third kappa shape index (κ3) is 2.68. The predicted molar refractivity (Wildman–Crippen MR) is 66.1 cm³/mol. The summed E-state index contributed by atoms with van der Waals surface area (Å²) in [4.78, 5) is 15.4. The molecule has 0 aliphatic heterocycles. The largest absolute Gasteiger partial charge is 0.465 e. The van der Waals surface area contributed by atoms with Crippen LogP contribution in [0.1, 0.15) is 35.3 Å². The predicted octanol–water partition coefficient (Wildman–Crippen LogP) is 0.873. The summed E-state index contributed by atoms with van der Waals surface area (Å²) < 4.78 is 4.61. The van der Waals surface area contributed by atoms with Crippen molar-refractivity contribution < 1.29 is 14.6 Å². The Morgan fingerprint density at radius 2 is 2.33 bits per heavy atom. The van der Waals surface area contributed by atoms with Gasteiger partial charge in [-0.1, -0.05) is 0 Å². The van der Waals surface area contributed by atoms with Crippen molar-refractivity contribution in [2.75, 3.05) is 13.7 Å². The van der Waals surface area contributed by atoms with Crippen LogP contribution < -0.4 is 5.32 Å². The van der Waals surface area contributed by atoms with Gasteiger partial charge in [0.15, 0.2) is 0 Å². The molecule has 5 heteroatoms. The zero-order valence-electron chi connectivity index (χ0n) is 10.5. The highest BCUT2D eigenvalue weighted by atomic mass is 16.5. The molecule has 1 aromatic heterocycles. The van der Waals surface area contributed by atoms with Crippen LogP contribution in [0.4, 0.5) is 0 Å². The maximum absolute atomic E-state index is 11.2. The molecular weight excluding hydrogens is 232 g/mol. The van der Waals surface area contributed by atoms with Crippen molar-refractivity contribution >= 4 is 5.97 Å². The first kappa shape index (κ1) is 13.0. The van der Waals surface area contributed by atoms with Gasteiger partial charge in [-0.25, -0.2) is 4.79 Å². The first-order chi connectivity index (χ1) is 8.69. The second kappa shape index (κ2) is 5.46. The van der Waals surface area contributed by atoms with Crippen LogP contribution in [0.15, 0.2) is 18.3 Å². The molecule has 18 heavy (non-hydrogen) atoms. The van der Waals surface area contributed by atoms with Crippen LogP contribution in [0.3, 0.4) is 0 Å². The molecule has 2 rings (SSSR count). The molecule has 0 saturated heterocycles. The molecule has 0 atom stereocenters. The number of methoxy groups -OCH3 is 1. The van der Waals surface area contributed by atoms with Crippen LogP contribution in [0, 0.1) is 0 Å². The second-order valence-corrected chi connectivity index (χ2v) is 4.68. The minimum absolute atomic E-state index is 0.122. The van der Waals surface area contributed by atoms with Gasteiger partial charge in [-0.15, -0.1) is 0 Å². The number of carbonyl (C=O) groups excluding carboxylic acids is 1. The number of carbonyl (C=O) groups is 1. The standard InChI is InChI=1S/C13H18N2O3/c1-18-12(17)10-3-4-11(14-7-10)8-15-13(9-16)5-2-6-13/h3-4,7,15-16H,2,5-6,8-9H2,1H3. The summed E-state index contributed by atoms with van der Waals surface area (Å²) in [5, 5.41) is 12.7. The van der Waals surface area contributed by atoms with Gasteiger partial charge in [0.25, 0.3) is 0 Å². The molecule has 5 nitrogen and oxygen atoms in total. The molecule has 1 heterocycles. The Morgan fingerprint density at radius 3 is 2.78 bits per heavy atom. The first-order valence-corrected chi connectivity index (χ1v) is 6.08. The Bertz CT molecular complexity index is 407. The summed E-state index contributed by atoms with van der Waals surface area (Å²) in [7, 11) is 1.35. The van der Waals surface area contributed by atoms with E-state index in [0.717, 1.165) is 25.0 Å². The number of aromatic nitrogens is 1. The molecule has 0 amide bonds. The van der Waals surface area contributed by atoms with Gasteiger partial charge >= 0.3 is 5.97 Å². The topological polar surface area (TPSA) is 71.5 Å². The van der Waals surface area contributed by atoms with Crippen LogP contribution >= 0.6 is 0 Å². The number of rotatable bonds is 5. The van der Waals surface area contributed by atoms with Gasteiger partial charge in [-0.3, -0.25) is 4.98 Å². The van der Waals surface area contributed by atoms with Gasteiger partial charge in [0.05, 0.1) is 25.0 Å². The third-order valence-corrected chi connectivity index (χ3v) is 3.50. The lowest BCUT2D eigenvalue weighted by atomic mass is 9.77. The van der Waals surface area contributed by atoms with E-state index in [-0.39, 0.29) is 18.1 Å². The average Bonchev–Trinajstić information content (AvgIpc) is 2.38. The van der Waals surface area contributed by atoms with E-state index in [1.807, 2.05) is 0 Å². The van der Waals surface area contributed by atoms with E-state index in [4.69, 9.17) is 0 Å². The summed E-state index contributed by atoms with van der Waals surface area (Å²) in [6.45, 7) is 0.759. The average molecular weight is 250 g/mol. The zero-order valence-corrected chi connectivity index (χ0v) is 10.5. The summed E-state index contributed by atoms with van der Waals surface area (Å²) in [6.07, 6.45) is 4.67. The quantitative estimate of drug-likeness (QED) is 0.759. The van der Waals surface area contributed by atoms with E-state index in [2.05, 4.69) is 15.0 Å². The lowest BCUT2D eigenvalue weighted by Gasteiger charge is -2.41. The lowest BCUT2D eigenvalue weighted by molar-refractivity contribution is 0.0600.